The summed E-state index contributed by atoms with van der Waals surface area (Å²) in [6.07, 6.45) is 1.95. The van der Waals surface area contributed by atoms with Gasteiger partial charge in [-0.05, 0) is 31.8 Å². The van der Waals surface area contributed by atoms with Gasteiger partial charge in [-0.15, -0.1) is 0 Å². The van der Waals surface area contributed by atoms with Crippen LogP contribution in [0.25, 0.3) is 10.9 Å². The van der Waals surface area contributed by atoms with E-state index in [0.717, 1.165) is 12.1 Å². The van der Waals surface area contributed by atoms with Crippen LogP contribution in [0, 0.1) is 0 Å². The largest absolute Gasteiger partial charge is 0.330 e. The van der Waals surface area contributed by atoms with Crippen molar-refractivity contribution < 1.29 is 0 Å². The van der Waals surface area contributed by atoms with Gasteiger partial charge in [0.15, 0.2) is 0 Å². The summed E-state index contributed by atoms with van der Waals surface area (Å²) < 4.78 is 0. The molecule has 0 saturated heterocycles. The molecule has 0 aliphatic carbocycles. The average molecular weight is 229 g/mol. The Balaban J connectivity index is 2.34. The highest BCUT2D eigenvalue weighted by atomic mass is 15.1. The molecule has 0 radical (unpaired) electrons. The fourth-order valence-corrected chi connectivity index (χ4v) is 2.07. The number of hydrogen-bond acceptors (Lipinski definition) is 3. The topological polar surface area (TPSA) is 42.1 Å². The third kappa shape index (κ3) is 2.81. The summed E-state index contributed by atoms with van der Waals surface area (Å²) in [4.78, 5) is 6.64. The number of benzene rings is 1. The molecule has 2 rings (SSSR count). The summed E-state index contributed by atoms with van der Waals surface area (Å²) in [6, 6.07) is 10.4. The van der Waals surface area contributed by atoms with Crippen LogP contribution >= 0.6 is 0 Å². The molecule has 90 valence electrons. The van der Waals surface area contributed by atoms with Gasteiger partial charge in [-0.3, -0.25) is 4.98 Å². The summed E-state index contributed by atoms with van der Waals surface area (Å²) in [6.45, 7) is 1.61. The van der Waals surface area contributed by atoms with Gasteiger partial charge in [0.05, 0.1) is 5.52 Å². The zero-order valence-electron chi connectivity index (χ0n) is 10.4. The zero-order chi connectivity index (χ0) is 12.3. The Morgan fingerprint density at radius 1 is 1.29 bits per heavy atom. The first-order valence-corrected chi connectivity index (χ1v) is 5.90. The van der Waals surface area contributed by atoms with E-state index in [1.165, 1.54) is 10.9 Å². The van der Waals surface area contributed by atoms with E-state index in [9.17, 15) is 0 Å². The van der Waals surface area contributed by atoms with Crippen LogP contribution in [0.4, 0.5) is 0 Å². The Hall–Kier alpha value is -1.45. The van der Waals surface area contributed by atoms with E-state index in [-0.39, 0.29) is 0 Å². The van der Waals surface area contributed by atoms with Crippen LogP contribution in [-0.2, 0) is 0 Å². The van der Waals surface area contributed by atoms with E-state index < -0.39 is 0 Å². The maximum Gasteiger partial charge on any atom is 0.0702 e. The van der Waals surface area contributed by atoms with Gasteiger partial charge in [0.1, 0.15) is 0 Å². The molecule has 0 bridgehead atoms. The first-order chi connectivity index (χ1) is 8.20. The second-order valence-electron chi connectivity index (χ2n) is 4.66. The van der Waals surface area contributed by atoms with Crippen molar-refractivity contribution in [3.05, 3.63) is 42.1 Å². The lowest BCUT2D eigenvalue weighted by Crippen LogP contribution is -2.25. The monoisotopic (exact) mass is 229 g/mol. The molecule has 1 atom stereocenters. The maximum atomic E-state index is 5.84. The summed E-state index contributed by atoms with van der Waals surface area (Å²) in [5, 5.41) is 1.18. The summed E-state index contributed by atoms with van der Waals surface area (Å²) in [7, 11) is 4.13. The van der Waals surface area contributed by atoms with E-state index in [0.29, 0.717) is 12.5 Å². The molecule has 1 aromatic heterocycles. The molecular weight excluding hydrogens is 210 g/mol. The zero-order valence-corrected chi connectivity index (χ0v) is 10.4. The quantitative estimate of drug-likeness (QED) is 0.870. The Kier molecular flexibility index (Phi) is 3.71. The molecule has 0 aliphatic heterocycles. The van der Waals surface area contributed by atoms with E-state index in [4.69, 9.17) is 5.73 Å². The van der Waals surface area contributed by atoms with E-state index in [1.54, 1.807) is 0 Å². The summed E-state index contributed by atoms with van der Waals surface area (Å²) in [5.41, 5.74) is 8.10. The molecule has 17 heavy (non-hydrogen) atoms. The average Bonchev–Trinajstić information content (AvgIpc) is 2.35. The minimum Gasteiger partial charge on any atom is -0.330 e. The lowest BCUT2D eigenvalue weighted by Gasteiger charge is -2.19. The van der Waals surface area contributed by atoms with Crippen molar-refractivity contribution >= 4 is 10.9 Å². The van der Waals surface area contributed by atoms with Gasteiger partial charge in [0, 0.05) is 30.6 Å². The number of pyridine rings is 1. The molecule has 0 amide bonds. The predicted octanol–water partition coefficient (Wildman–Crippen LogP) is 1.84. The highest BCUT2D eigenvalue weighted by Gasteiger charge is 2.11. The smallest absolute Gasteiger partial charge is 0.0702 e. The number of nitrogens with zero attached hydrogens (tertiary/aromatic N) is 2. The fourth-order valence-electron chi connectivity index (χ4n) is 2.07. The molecule has 1 unspecified atom stereocenters. The first-order valence-electron chi connectivity index (χ1n) is 5.90. The minimum absolute atomic E-state index is 0.349. The van der Waals surface area contributed by atoms with E-state index >= 15 is 0 Å². The Bertz CT molecular complexity index is 494. The van der Waals surface area contributed by atoms with Crippen LogP contribution in [0.15, 0.2) is 36.5 Å². The van der Waals surface area contributed by atoms with Crippen molar-refractivity contribution in [2.75, 3.05) is 27.2 Å². The number of fused-ring (bicyclic) bond motifs is 1. The van der Waals surface area contributed by atoms with Gasteiger partial charge in [0.2, 0.25) is 0 Å². The van der Waals surface area contributed by atoms with Crippen LogP contribution in [0.2, 0.25) is 0 Å². The molecule has 0 spiro atoms. The van der Waals surface area contributed by atoms with Crippen LogP contribution in [0.3, 0.4) is 0 Å². The normalized spacial score (nSPS) is 13.2. The number of likely N-dealkylation sites (N-methyl/N-ethyl adjacent to an activating group) is 1. The van der Waals surface area contributed by atoms with Crippen molar-refractivity contribution in [1.82, 2.24) is 9.88 Å². The Labute approximate surface area is 102 Å². The number of hydrogen-bond donors (Lipinski definition) is 1. The summed E-state index contributed by atoms with van der Waals surface area (Å²) >= 11 is 0. The molecule has 1 aromatic carbocycles. The van der Waals surface area contributed by atoms with Crippen molar-refractivity contribution in [3.8, 4) is 0 Å². The molecule has 1 heterocycles. The van der Waals surface area contributed by atoms with E-state index in [1.807, 2.05) is 24.4 Å². The summed E-state index contributed by atoms with van der Waals surface area (Å²) in [5.74, 6) is 0.349. The molecule has 0 saturated carbocycles. The SMILES string of the molecule is CN(C)CC(CN)c1cnc2ccccc2c1. The molecular formula is C14H19N3. The number of para-hydroxylation sites is 1. The lowest BCUT2D eigenvalue weighted by atomic mass is 9.99. The highest BCUT2D eigenvalue weighted by Crippen LogP contribution is 2.19. The minimum atomic E-state index is 0.349. The number of nitrogens with two attached hydrogens (primary N) is 1. The second-order valence-corrected chi connectivity index (χ2v) is 4.66. The van der Waals surface area contributed by atoms with Gasteiger partial charge in [0.25, 0.3) is 0 Å². The number of aromatic nitrogens is 1. The molecule has 2 aromatic rings. The van der Waals surface area contributed by atoms with Gasteiger partial charge in [-0.2, -0.15) is 0 Å². The van der Waals surface area contributed by atoms with Gasteiger partial charge in [-0.1, -0.05) is 18.2 Å². The maximum absolute atomic E-state index is 5.84. The third-order valence-electron chi connectivity index (χ3n) is 2.95. The van der Waals surface area contributed by atoms with Crippen LogP contribution in [0.1, 0.15) is 11.5 Å². The fraction of sp³-hybridized carbons (Fsp3) is 0.357. The standard InChI is InChI=1S/C14H19N3/c1-17(2)10-13(8-15)12-7-11-5-3-4-6-14(11)16-9-12/h3-7,9,13H,8,10,15H2,1-2H3. The third-order valence-corrected chi connectivity index (χ3v) is 2.95. The first kappa shape index (κ1) is 12.0. The van der Waals surface area contributed by atoms with Crippen molar-refractivity contribution in [2.24, 2.45) is 5.73 Å². The molecule has 0 aliphatic rings. The highest BCUT2D eigenvalue weighted by molar-refractivity contribution is 5.78. The second kappa shape index (κ2) is 5.25. The lowest BCUT2D eigenvalue weighted by molar-refractivity contribution is 0.375. The van der Waals surface area contributed by atoms with Crippen LogP contribution in [-0.4, -0.2) is 37.1 Å². The molecule has 3 heteroatoms. The number of rotatable bonds is 4. The Morgan fingerprint density at radius 3 is 2.76 bits per heavy atom. The van der Waals surface area contributed by atoms with Gasteiger partial charge >= 0.3 is 0 Å². The van der Waals surface area contributed by atoms with Crippen molar-refractivity contribution in [3.63, 3.8) is 0 Å². The van der Waals surface area contributed by atoms with Gasteiger partial charge < -0.3 is 10.6 Å². The Morgan fingerprint density at radius 2 is 2.06 bits per heavy atom. The van der Waals surface area contributed by atoms with Crippen LogP contribution in [0.5, 0.6) is 0 Å². The van der Waals surface area contributed by atoms with Crippen molar-refractivity contribution in [1.29, 1.82) is 0 Å². The molecule has 0 fully saturated rings. The molecule has 2 N–H and O–H groups in total. The van der Waals surface area contributed by atoms with Gasteiger partial charge in [-0.25, -0.2) is 0 Å². The molecule has 3 nitrogen and oxygen atoms in total. The van der Waals surface area contributed by atoms with E-state index in [2.05, 4.69) is 36.1 Å². The predicted molar refractivity (Wildman–Crippen MR) is 72.1 cm³/mol. The van der Waals surface area contributed by atoms with Crippen LogP contribution < -0.4 is 5.73 Å². The van der Waals surface area contributed by atoms with Crippen molar-refractivity contribution in [2.45, 2.75) is 5.92 Å².